The molecule has 0 radical (unpaired) electrons. The largest absolute Gasteiger partial charge is 0.477 e. The van der Waals surface area contributed by atoms with Gasteiger partial charge in [-0.3, -0.25) is 9.79 Å². The van der Waals surface area contributed by atoms with E-state index >= 15 is 0 Å². The summed E-state index contributed by atoms with van der Waals surface area (Å²) in [5.74, 6) is -0.438. The number of rotatable bonds is 8. The lowest BCUT2D eigenvalue weighted by atomic mass is 9.79. The lowest BCUT2D eigenvalue weighted by Crippen LogP contribution is -2.63. The molecule has 4 rings (SSSR count). The molecule has 3 fully saturated rings. The Bertz CT molecular complexity index is 835. The first kappa shape index (κ1) is 24.3. The van der Waals surface area contributed by atoms with Gasteiger partial charge in [0, 0.05) is 35.7 Å². The summed E-state index contributed by atoms with van der Waals surface area (Å²) in [4.78, 5) is 33.4. The van der Waals surface area contributed by atoms with Gasteiger partial charge in [-0.2, -0.15) is 0 Å². The molecule has 5 atom stereocenters. The van der Waals surface area contributed by atoms with Crippen molar-refractivity contribution in [3.8, 4) is 0 Å². The van der Waals surface area contributed by atoms with Crippen molar-refractivity contribution >= 4 is 29.6 Å². The van der Waals surface area contributed by atoms with Gasteiger partial charge in [-0.1, -0.05) is 6.92 Å². The third-order valence-electron chi connectivity index (χ3n) is 7.85. The Morgan fingerprint density at radius 1 is 1.21 bits per heavy atom. The summed E-state index contributed by atoms with van der Waals surface area (Å²) in [7, 11) is 0. The zero-order valence-corrected chi connectivity index (χ0v) is 20.3. The molecule has 6 N–H and O–H groups in total. The molecule has 0 aromatic heterocycles. The van der Waals surface area contributed by atoms with E-state index in [2.05, 4.69) is 9.89 Å². The molecule has 0 spiro atoms. The van der Waals surface area contributed by atoms with Crippen LogP contribution in [0.4, 0.5) is 0 Å². The number of hydrogen-bond donors (Lipinski definition) is 4. The highest BCUT2D eigenvalue weighted by atomic mass is 32.2. The van der Waals surface area contributed by atoms with Gasteiger partial charge in [-0.15, -0.1) is 11.8 Å². The van der Waals surface area contributed by atoms with Crippen LogP contribution < -0.4 is 11.5 Å². The number of carbonyl (C=O) groups is 2. The van der Waals surface area contributed by atoms with Crippen LogP contribution in [-0.2, 0) is 9.59 Å². The average Bonchev–Trinajstić information content (AvgIpc) is 3.28. The maximum absolute atomic E-state index is 12.5. The second kappa shape index (κ2) is 9.84. The van der Waals surface area contributed by atoms with E-state index in [-0.39, 0.29) is 29.5 Å². The van der Waals surface area contributed by atoms with Gasteiger partial charge in [0.15, 0.2) is 5.96 Å². The maximum atomic E-state index is 12.5. The van der Waals surface area contributed by atoms with Gasteiger partial charge in [0.05, 0.1) is 18.1 Å². The number of hydrogen-bond acceptors (Lipinski definition) is 6. The molecular weight excluding hydrogens is 442 g/mol. The number of carboxylic acids is 1. The summed E-state index contributed by atoms with van der Waals surface area (Å²) < 4.78 is 0. The molecule has 9 nitrogen and oxygen atoms in total. The zero-order chi connectivity index (χ0) is 23.9. The fraction of sp³-hybridized carbons (Fsp3) is 0.783. The highest BCUT2D eigenvalue weighted by molar-refractivity contribution is 8.03. The van der Waals surface area contributed by atoms with Crippen molar-refractivity contribution in [1.82, 2.24) is 9.80 Å². The Morgan fingerprint density at radius 3 is 2.48 bits per heavy atom. The number of aliphatic hydroxyl groups excluding tert-OH is 1. The van der Waals surface area contributed by atoms with E-state index in [0.29, 0.717) is 17.1 Å². The number of β-lactam (4-membered cyclic amide) rings is 1. The van der Waals surface area contributed by atoms with E-state index in [0.717, 1.165) is 50.3 Å². The van der Waals surface area contributed by atoms with Crippen molar-refractivity contribution < 1.29 is 19.8 Å². The van der Waals surface area contributed by atoms with Gasteiger partial charge in [0.25, 0.3) is 0 Å². The quantitative estimate of drug-likeness (QED) is 0.229. The highest BCUT2D eigenvalue weighted by Gasteiger charge is 2.60. The molecule has 33 heavy (non-hydrogen) atoms. The number of nitrogens with zero attached hydrogens (tertiary/aromatic N) is 3. The molecule has 4 aliphatic rings. The van der Waals surface area contributed by atoms with Crippen LogP contribution in [0, 0.1) is 23.7 Å². The third kappa shape index (κ3) is 4.88. The smallest absolute Gasteiger partial charge is 0.353 e. The number of carbonyl (C=O) groups excluding carboxylic acids is 1. The number of likely N-dealkylation sites (tertiary alicyclic amines) is 1. The van der Waals surface area contributed by atoms with Crippen LogP contribution in [0.5, 0.6) is 0 Å². The molecule has 3 aliphatic heterocycles. The molecule has 1 unspecified atom stereocenters. The summed E-state index contributed by atoms with van der Waals surface area (Å²) in [6.45, 7) is 7.39. The highest BCUT2D eigenvalue weighted by Crippen LogP contribution is 2.52. The summed E-state index contributed by atoms with van der Waals surface area (Å²) >= 11 is 1.64. The minimum atomic E-state index is -1.04. The van der Waals surface area contributed by atoms with Gasteiger partial charge in [-0.05, 0) is 57.4 Å². The fourth-order valence-corrected chi connectivity index (χ4v) is 7.63. The number of aliphatic hydroxyl groups is 1. The van der Waals surface area contributed by atoms with Crippen molar-refractivity contribution in [2.24, 2.45) is 40.1 Å². The lowest BCUT2D eigenvalue weighted by molar-refractivity contribution is -0.163. The van der Waals surface area contributed by atoms with Crippen molar-refractivity contribution in [1.29, 1.82) is 0 Å². The fourth-order valence-electron chi connectivity index (χ4n) is 6.11. The normalized spacial score (nSPS) is 35.4. The zero-order valence-electron chi connectivity index (χ0n) is 19.5. The van der Waals surface area contributed by atoms with Crippen LogP contribution in [0.2, 0.25) is 0 Å². The van der Waals surface area contributed by atoms with E-state index in [4.69, 9.17) is 11.5 Å². The monoisotopic (exact) mass is 479 g/mol. The summed E-state index contributed by atoms with van der Waals surface area (Å²) in [5.41, 5.74) is 11.0. The number of guanidine groups is 1. The minimum Gasteiger partial charge on any atom is -0.477 e. The van der Waals surface area contributed by atoms with Crippen molar-refractivity contribution in [3.05, 3.63) is 10.6 Å². The Labute approximate surface area is 199 Å². The summed E-state index contributed by atoms with van der Waals surface area (Å²) in [6, 6.07) is -0.238. The van der Waals surface area contributed by atoms with E-state index in [1.165, 1.54) is 17.7 Å². The van der Waals surface area contributed by atoms with Gasteiger partial charge in [-0.25, -0.2) is 4.79 Å². The first-order valence-corrected chi connectivity index (χ1v) is 13.0. The molecule has 184 valence electrons. The molecule has 2 saturated heterocycles. The first-order chi connectivity index (χ1) is 15.7. The average molecular weight is 480 g/mol. The molecule has 1 amide bonds. The summed E-state index contributed by atoms with van der Waals surface area (Å²) in [5, 5.41) is 20.2. The minimum absolute atomic E-state index is 0.0621. The molecule has 1 saturated carbocycles. The SMILES string of the molecule is C[C@@H](O)[C@H]1C(=O)N2C(C(=O)O)=C(SC3CCN(CC4CCC(CN=C(N)N)CC4)C3)[C@H](C)[C@H]12. The lowest BCUT2D eigenvalue weighted by Gasteiger charge is -2.46. The molecule has 0 aromatic carbocycles. The van der Waals surface area contributed by atoms with Crippen LogP contribution in [-0.4, -0.2) is 81.4 Å². The van der Waals surface area contributed by atoms with Crippen LogP contribution in [0.25, 0.3) is 0 Å². The molecule has 3 heterocycles. The number of thioether (sulfide) groups is 1. The second-order valence-electron chi connectivity index (χ2n) is 10.2. The number of aliphatic imine (C=N–C) groups is 1. The number of aliphatic carboxylic acids is 1. The Hall–Kier alpha value is -1.78. The van der Waals surface area contributed by atoms with Crippen molar-refractivity contribution in [2.45, 2.75) is 63.3 Å². The predicted octanol–water partition coefficient (Wildman–Crippen LogP) is 1.03. The summed E-state index contributed by atoms with van der Waals surface area (Å²) in [6.07, 6.45) is 4.97. The number of fused-ring (bicyclic) bond motifs is 1. The molecule has 1 aliphatic carbocycles. The van der Waals surface area contributed by atoms with E-state index in [1.54, 1.807) is 18.7 Å². The third-order valence-corrected chi connectivity index (χ3v) is 9.39. The van der Waals surface area contributed by atoms with Crippen molar-refractivity contribution in [3.63, 3.8) is 0 Å². The van der Waals surface area contributed by atoms with Crippen LogP contribution in [0.15, 0.2) is 15.6 Å². The number of nitrogens with two attached hydrogens (primary N) is 2. The predicted molar refractivity (Wildman–Crippen MR) is 128 cm³/mol. The molecule has 10 heteroatoms. The number of amides is 1. The maximum Gasteiger partial charge on any atom is 0.353 e. The van der Waals surface area contributed by atoms with E-state index in [1.807, 2.05) is 6.92 Å². The van der Waals surface area contributed by atoms with Gasteiger partial charge in [0.2, 0.25) is 5.91 Å². The second-order valence-corrected chi connectivity index (χ2v) is 11.6. The topological polar surface area (TPSA) is 145 Å². The standard InChI is InChI=1S/C23H37N5O4S/c1-12-18-17(13(2)29)21(30)28(18)19(22(31)32)20(12)33-16-7-8-27(11-16)10-15-5-3-14(4-6-15)9-26-23(24)25/h12-18,29H,3-11H2,1-2H3,(H,31,32)(H4,24,25,26)/t12-,13-,14?,15?,16?,17-,18-/m1/s1. The van der Waals surface area contributed by atoms with Gasteiger partial charge < -0.3 is 31.5 Å². The Balaban J connectivity index is 1.31. The van der Waals surface area contributed by atoms with E-state index in [9.17, 15) is 19.8 Å². The van der Waals surface area contributed by atoms with Crippen LogP contribution in [0.1, 0.15) is 46.0 Å². The number of carboxylic acid groups (broad SMARTS) is 1. The van der Waals surface area contributed by atoms with Gasteiger partial charge in [0.1, 0.15) is 5.70 Å². The molecule has 0 bridgehead atoms. The van der Waals surface area contributed by atoms with Crippen LogP contribution >= 0.6 is 11.8 Å². The first-order valence-electron chi connectivity index (χ1n) is 12.1. The van der Waals surface area contributed by atoms with Crippen LogP contribution in [0.3, 0.4) is 0 Å². The van der Waals surface area contributed by atoms with Crippen molar-refractivity contribution in [2.75, 3.05) is 26.2 Å². The Morgan fingerprint density at radius 2 is 1.88 bits per heavy atom. The molecular formula is C23H37N5O4S. The van der Waals surface area contributed by atoms with E-state index < -0.39 is 18.0 Å². The molecule has 0 aromatic rings. The Kier molecular flexibility index (Phi) is 7.26. The van der Waals surface area contributed by atoms with Gasteiger partial charge >= 0.3 is 5.97 Å².